The van der Waals surface area contributed by atoms with E-state index in [2.05, 4.69) is 39.2 Å². The van der Waals surface area contributed by atoms with Crippen molar-refractivity contribution in [2.24, 2.45) is 0 Å². The first-order valence-corrected chi connectivity index (χ1v) is 15.1. The lowest BCUT2D eigenvalue weighted by atomic mass is 9.75. The number of aromatic nitrogens is 3. The van der Waals surface area contributed by atoms with Crippen LogP contribution in [-0.2, 0) is 0 Å². The Morgan fingerprint density at radius 2 is 1.78 bits per heavy atom. The Labute approximate surface area is 245 Å². The Kier molecular flexibility index (Phi) is 6.75. The summed E-state index contributed by atoms with van der Waals surface area (Å²) in [6.45, 7) is 3.43. The zero-order chi connectivity index (χ0) is 28.2. The summed E-state index contributed by atoms with van der Waals surface area (Å²) in [4.78, 5) is 18.9. The van der Waals surface area contributed by atoms with Crippen molar-refractivity contribution in [3.05, 3.63) is 53.4 Å². The van der Waals surface area contributed by atoms with E-state index >= 15 is 4.39 Å². The second kappa shape index (κ2) is 10.3. The molecule has 3 fully saturated rings. The second-order valence-corrected chi connectivity index (χ2v) is 12.6. The number of fused-ring (bicyclic) bond motifs is 3. The minimum absolute atomic E-state index is 0.0362. The van der Waals surface area contributed by atoms with E-state index in [1.165, 1.54) is 19.3 Å². The van der Waals surface area contributed by atoms with E-state index in [9.17, 15) is 0 Å². The number of nitrogens with zero attached hydrogens (tertiary/aromatic N) is 5. The molecule has 2 saturated heterocycles. The number of ether oxygens (including phenoxy) is 1. The third-order valence-electron chi connectivity index (χ3n) is 9.87. The van der Waals surface area contributed by atoms with Crippen molar-refractivity contribution in [3.8, 4) is 17.3 Å². The first-order valence-electron chi connectivity index (χ1n) is 14.7. The van der Waals surface area contributed by atoms with Crippen molar-refractivity contribution in [3.63, 3.8) is 0 Å². The lowest BCUT2D eigenvalue weighted by Gasteiger charge is -2.47. The summed E-state index contributed by atoms with van der Waals surface area (Å²) >= 11 is 6.60. The van der Waals surface area contributed by atoms with Gasteiger partial charge >= 0.3 is 6.01 Å². The van der Waals surface area contributed by atoms with Gasteiger partial charge in [-0.15, -0.1) is 0 Å². The molecule has 214 valence electrons. The zero-order valence-corrected chi connectivity index (χ0v) is 24.5. The van der Waals surface area contributed by atoms with E-state index in [1.807, 2.05) is 36.4 Å². The molecule has 0 spiro atoms. The number of hydrogen-bond acceptors (Lipinski definition) is 7. The SMILES string of the molecule is CN(C)C1(CNc2nc(OCC34CCCN3CCC4)nc3c(F)c(-c4cccc5cccc(Cl)c45)ncc23)CCC1. The van der Waals surface area contributed by atoms with E-state index in [0.29, 0.717) is 34.9 Å². The Morgan fingerprint density at radius 1 is 1.02 bits per heavy atom. The van der Waals surface area contributed by atoms with Crippen LogP contribution in [0.15, 0.2) is 42.6 Å². The van der Waals surface area contributed by atoms with Crippen LogP contribution < -0.4 is 10.1 Å². The topological polar surface area (TPSA) is 66.4 Å². The minimum Gasteiger partial charge on any atom is -0.461 e. The fraction of sp³-hybridized carbons (Fsp3) is 0.469. The van der Waals surface area contributed by atoms with Crippen LogP contribution in [0.4, 0.5) is 10.2 Å². The van der Waals surface area contributed by atoms with Gasteiger partial charge in [-0.2, -0.15) is 9.97 Å². The molecule has 1 saturated carbocycles. The van der Waals surface area contributed by atoms with E-state index in [4.69, 9.17) is 21.3 Å². The summed E-state index contributed by atoms with van der Waals surface area (Å²) in [6.07, 6.45) is 9.67. The summed E-state index contributed by atoms with van der Waals surface area (Å²) in [6, 6.07) is 11.6. The summed E-state index contributed by atoms with van der Waals surface area (Å²) in [5.41, 5.74) is 1.14. The molecule has 0 radical (unpaired) electrons. The van der Waals surface area contributed by atoms with Gasteiger partial charge < -0.3 is 15.0 Å². The molecule has 2 aromatic carbocycles. The fourth-order valence-electron chi connectivity index (χ4n) is 7.19. The quantitative estimate of drug-likeness (QED) is 0.256. The monoisotopic (exact) mass is 574 g/mol. The molecule has 1 N–H and O–H groups in total. The highest BCUT2D eigenvalue weighted by atomic mass is 35.5. The normalized spacial score (nSPS) is 19.5. The Bertz CT molecular complexity index is 1610. The molecule has 2 aliphatic heterocycles. The third kappa shape index (κ3) is 4.51. The highest BCUT2D eigenvalue weighted by Crippen LogP contribution is 2.41. The first-order chi connectivity index (χ1) is 19.9. The van der Waals surface area contributed by atoms with Crippen molar-refractivity contribution in [2.45, 2.75) is 56.0 Å². The van der Waals surface area contributed by atoms with Crippen molar-refractivity contribution < 1.29 is 9.13 Å². The van der Waals surface area contributed by atoms with Crippen LogP contribution in [0.3, 0.4) is 0 Å². The molecule has 4 heterocycles. The van der Waals surface area contributed by atoms with Crippen molar-refractivity contribution in [1.29, 1.82) is 0 Å². The third-order valence-corrected chi connectivity index (χ3v) is 10.2. The molecule has 1 aliphatic carbocycles. The molecule has 0 atom stereocenters. The van der Waals surface area contributed by atoms with Gasteiger partial charge in [-0.3, -0.25) is 9.88 Å². The average Bonchev–Trinajstić information content (AvgIpc) is 3.52. The van der Waals surface area contributed by atoms with Gasteiger partial charge in [0.1, 0.15) is 23.6 Å². The lowest BCUT2D eigenvalue weighted by Crippen LogP contribution is -2.54. The van der Waals surface area contributed by atoms with Crippen LogP contribution in [0.1, 0.15) is 44.9 Å². The number of rotatable bonds is 8. The Morgan fingerprint density at radius 3 is 2.49 bits per heavy atom. The molecule has 0 amide bonds. The van der Waals surface area contributed by atoms with Crippen LogP contribution in [0.5, 0.6) is 6.01 Å². The molecular weight excluding hydrogens is 539 g/mol. The van der Waals surface area contributed by atoms with Crippen molar-refractivity contribution >= 4 is 39.1 Å². The average molecular weight is 575 g/mol. The minimum atomic E-state index is -0.502. The van der Waals surface area contributed by atoms with Gasteiger partial charge in [-0.25, -0.2) is 4.39 Å². The van der Waals surface area contributed by atoms with Crippen LogP contribution in [0.2, 0.25) is 5.02 Å². The van der Waals surface area contributed by atoms with Crippen molar-refractivity contribution in [1.82, 2.24) is 24.8 Å². The standard InChI is InChI=1S/C32H36ClFN6O/c1-39(2)31(12-5-13-31)19-36-29-23-18-35-27(22-10-3-8-21-9-4-11-24(33)25(21)22)26(34)28(23)37-30(38-29)41-20-32-14-6-16-40(32)17-7-15-32/h3-4,8-11,18H,5-7,12-17,19-20H2,1-2H3,(H,36,37,38). The Hall–Kier alpha value is -3.07. The number of likely N-dealkylation sites (N-methyl/N-ethyl adjacent to an activating group) is 1. The van der Waals surface area contributed by atoms with Gasteiger partial charge in [-0.05, 0) is 83.6 Å². The largest absolute Gasteiger partial charge is 0.461 e. The maximum absolute atomic E-state index is 16.5. The maximum Gasteiger partial charge on any atom is 0.319 e. The summed E-state index contributed by atoms with van der Waals surface area (Å²) in [5.74, 6) is 0.0527. The van der Waals surface area contributed by atoms with Crippen LogP contribution in [0.25, 0.3) is 32.9 Å². The fourth-order valence-corrected chi connectivity index (χ4v) is 7.47. The summed E-state index contributed by atoms with van der Waals surface area (Å²) < 4.78 is 22.8. The number of pyridine rings is 1. The number of anilines is 1. The number of benzene rings is 2. The van der Waals surface area contributed by atoms with Crippen molar-refractivity contribution in [2.75, 3.05) is 45.7 Å². The number of halogens is 2. The van der Waals surface area contributed by atoms with E-state index < -0.39 is 5.82 Å². The molecule has 4 aromatic rings. The first kappa shape index (κ1) is 26.8. The molecule has 9 heteroatoms. The molecule has 0 unspecified atom stereocenters. The van der Waals surface area contributed by atoms with E-state index in [1.54, 1.807) is 6.20 Å². The van der Waals surface area contributed by atoms with E-state index in [0.717, 1.165) is 49.5 Å². The molecule has 7 nitrogen and oxygen atoms in total. The van der Waals surface area contributed by atoms with Gasteiger partial charge in [0.05, 0.1) is 10.9 Å². The van der Waals surface area contributed by atoms with Crippen LogP contribution >= 0.6 is 11.6 Å². The summed E-state index contributed by atoms with van der Waals surface area (Å²) in [7, 11) is 4.23. The van der Waals surface area contributed by atoms with E-state index in [-0.39, 0.29) is 28.3 Å². The van der Waals surface area contributed by atoms with Gasteiger partial charge in [0.15, 0.2) is 5.82 Å². The smallest absolute Gasteiger partial charge is 0.319 e. The molecule has 7 rings (SSSR count). The molecule has 41 heavy (non-hydrogen) atoms. The van der Waals surface area contributed by atoms with Gasteiger partial charge in [0, 0.05) is 34.3 Å². The second-order valence-electron chi connectivity index (χ2n) is 12.2. The zero-order valence-electron chi connectivity index (χ0n) is 23.7. The molecule has 0 bridgehead atoms. The predicted octanol–water partition coefficient (Wildman–Crippen LogP) is 6.54. The van der Waals surface area contributed by atoms with Gasteiger partial charge in [-0.1, -0.05) is 41.9 Å². The van der Waals surface area contributed by atoms with Crippen LogP contribution in [-0.4, -0.2) is 76.2 Å². The maximum atomic E-state index is 16.5. The molecular formula is C32H36ClFN6O. The summed E-state index contributed by atoms with van der Waals surface area (Å²) in [5, 5.41) is 6.33. The highest BCUT2D eigenvalue weighted by Gasteiger charge is 2.45. The van der Waals surface area contributed by atoms with Crippen LogP contribution in [0, 0.1) is 5.82 Å². The Balaban J connectivity index is 1.31. The van der Waals surface area contributed by atoms with Gasteiger partial charge in [0.25, 0.3) is 0 Å². The lowest BCUT2D eigenvalue weighted by molar-refractivity contribution is 0.0738. The number of nitrogens with one attached hydrogen (secondary N) is 1. The molecule has 3 aliphatic rings. The molecule has 2 aromatic heterocycles. The highest BCUT2D eigenvalue weighted by molar-refractivity contribution is 6.36. The van der Waals surface area contributed by atoms with Gasteiger partial charge in [0.2, 0.25) is 0 Å². The number of hydrogen-bond donors (Lipinski definition) is 1. The predicted molar refractivity (Wildman–Crippen MR) is 162 cm³/mol.